The van der Waals surface area contributed by atoms with Gasteiger partial charge in [-0.05, 0) is 63.5 Å². The second kappa shape index (κ2) is 8.34. The van der Waals surface area contributed by atoms with Crippen molar-refractivity contribution < 1.29 is 9.53 Å². The third-order valence-electron chi connectivity index (χ3n) is 4.35. The van der Waals surface area contributed by atoms with Crippen molar-refractivity contribution in [1.29, 1.82) is 0 Å². The summed E-state index contributed by atoms with van der Waals surface area (Å²) in [5.41, 5.74) is 1.11. The molecule has 1 aromatic heterocycles. The van der Waals surface area contributed by atoms with Gasteiger partial charge in [0.15, 0.2) is 0 Å². The molecule has 1 heterocycles. The van der Waals surface area contributed by atoms with Gasteiger partial charge in [0.25, 0.3) is 0 Å². The highest BCUT2D eigenvalue weighted by atomic mass is 32.1. The van der Waals surface area contributed by atoms with E-state index < -0.39 is 5.60 Å². The van der Waals surface area contributed by atoms with Gasteiger partial charge in [0, 0.05) is 29.4 Å². The summed E-state index contributed by atoms with van der Waals surface area (Å²) in [5, 5.41) is 6.46. The molecule has 1 unspecified atom stereocenters. The van der Waals surface area contributed by atoms with Gasteiger partial charge in [-0.3, -0.25) is 0 Å². The molecule has 24 heavy (non-hydrogen) atoms. The van der Waals surface area contributed by atoms with Gasteiger partial charge in [-0.1, -0.05) is 13.8 Å². The molecule has 0 saturated heterocycles. The lowest BCUT2D eigenvalue weighted by atomic mass is 9.96. The van der Waals surface area contributed by atoms with Gasteiger partial charge in [-0.25, -0.2) is 4.79 Å². The van der Waals surface area contributed by atoms with Gasteiger partial charge in [0.2, 0.25) is 0 Å². The molecular formula is C19H32N2O2S. The Morgan fingerprint density at radius 1 is 1.29 bits per heavy atom. The summed E-state index contributed by atoms with van der Waals surface area (Å²) in [7, 11) is 0. The average Bonchev–Trinajstić information content (AvgIpc) is 3.00. The highest BCUT2D eigenvalue weighted by Crippen LogP contribution is 2.30. The number of aryl methyl sites for hydroxylation is 2. The SMILES string of the molecule is CC(C)C(CNCc1cc2c(s1)CCC2)CNC(=O)OC(C)(C)C. The number of alkyl carbamates (subject to hydrolysis) is 1. The molecule has 1 aromatic rings. The number of nitrogens with one attached hydrogen (secondary N) is 2. The Morgan fingerprint density at radius 2 is 2.04 bits per heavy atom. The monoisotopic (exact) mass is 352 g/mol. The van der Waals surface area contributed by atoms with Gasteiger partial charge >= 0.3 is 6.09 Å². The van der Waals surface area contributed by atoms with Crippen molar-refractivity contribution in [3.8, 4) is 0 Å². The van der Waals surface area contributed by atoms with E-state index in [-0.39, 0.29) is 6.09 Å². The number of amides is 1. The van der Waals surface area contributed by atoms with Crippen LogP contribution in [0.4, 0.5) is 4.79 Å². The summed E-state index contributed by atoms with van der Waals surface area (Å²) in [6.07, 6.45) is 3.50. The fourth-order valence-electron chi connectivity index (χ4n) is 2.93. The number of fused-ring (bicyclic) bond motifs is 1. The van der Waals surface area contributed by atoms with Gasteiger partial charge < -0.3 is 15.4 Å². The fourth-order valence-corrected chi connectivity index (χ4v) is 4.16. The van der Waals surface area contributed by atoms with Crippen molar-refractivity contribution in [3.05, 3.63) is 21.4 Å². The highest BCUT2D eigenvalue weighted by molar-refractivity contribution is 7.12. The Hall–Kier alpha value is -1.07. The first-order valence-corrected chi connectivity index (χ1v) is 9.84. The van der Waals surface area contributed by atoms with E-state index in [1.165, 1.54) is 24.1 Å². The van der Waals surface area contributed by atoms with Crippen molar-refractivity contribution >= 4 is 17.4 Å². The van der Waals surface area contributed by atoms with Crippen molar-refractivity contribution in [3.63, 3.8) is 0 Å². The maximum atomic E-state index is 11.8. The van der Waals surface area contributed by atoms with E-state index in [4.69, 9.17) is 4.74 Å². The number of thiophene rings is 1. The third kappa shape index (κ3) is 6.10. The van der Waals surface area contributed by atoms with Crippen LogP contribution in [0.15, 0.2) is 6.07 Å². The lowest BCUT2D eigenvalue weighted by Crippen LogP contribution is -2.39. The molecule has 4 nitrogen and oxygen atoms in total. The van der Waals surface area contributed by atoms with Crippen molar-refractivity contribution in [1.82, 2.24) is 10.6 Å². The van der Waals surface area contributed by atoms with Crippen LogP contribution >= 0.6 is 11.3 Å². The van der Waals surface area contributed by atoms with E-state index in [9.17, 15) is 4.79 Å². The Balaban J connectivity index is 1.73. The smallest absolute Gasteiger partial charge is 0.407 e. The summed E-state index contributed by atoms with van der Waals surface area (Å²) in [6, 6.07) is 2.36. The molecule has 2 N–H and O–H groups in total. The minimum Gasteiger partial charge on any atom is -0.444 e. The second-order valence-corrected chi connectivity index (χ2v) is 9.25. The molecule has 0 fully saturated rings. The molecule has 5 heteroatoms. The zero-order valence-electron chi connectivity index (χ0n) is 15.7. The zero-order valence-corrected chi connectivity index (χ0v) is 16.5. The number of ether oxygens (including phenoxy) is 1. The van der Waals surface area contributed by atoms with Crippen LogP contribution in [0.3, 0.4) is 0 Å². The Bertz CT molecular complexity index is 525. The Morgan fingerprint density at radius 3 is 2.67 bits per heavy atom. The zero-order chi connectivity index (χ0) is 17.7. The molecule has 1 aliphatic rings. The van der Waals surface area contributed by atoms with Crippen LogP contribution in [0.25, 0.3) is 0 Å². The number of carbonyl (C=O) groups is 1. The van der Waals surface area contributed by atoms with Crippen LogP contribution in [0.5, 0.6) is 0 Å². The molecule has 0 bridgehead atoms. The van der Waals surface area contributed by atoms with Crippen LogP contribution in [0, 0.1) is 11.8 Å². The topological polar surface area (TPSA) is 50.4 Å². The molecule has 1 atom stereocenters. The van der Waals surface area contributed by atoms with Crippen LogP contribution in [-0.4, -0.2) is 24.8 Å². The van der Waals surface area contributed by atoms with Crippen LogP contribution < -0.4 is 10.6 Å². The molecule has 2 rings (SSSR count). The molecule has 1 amide bonds. The number of hydrogen-bond donors (Lipinski definition) is 2. The second-order valence-electron chi connectivity index (χ2n) is 8.03. The maximum absolute atomic E-state index is 11.8. The van der Waals surface area contributed by atoms with Crippen molar-refractivity contribution in [2.45, 2.75) is 66.0 Å². The molecule has 0 aromatic carbocycles. The maximum Gasteiger partial charge on any atom is 0.407 e. The molecule has 0 radical (unpaired) electrons. The number of carbonyl (C=O) groups excluding carboxylic acids is 1. The fraction of sp³-hybridized carbons (Fsp3) is 0.737. The van der Waals surface area contributed by atoms with E-state index in [0.717, 1.165) is 13.1 Å². The summed E-state index contributed by atoms with van der Waals surface area (Å²) in [5.74, 6) is 0.894. The molecule has 0 saturated carbocycles. The lowest BCUT2D eigenvalue weighted by Gasteiger charge is -2.24. The first-order chi connectivity index (χ1) is 11.2. The molecule has 1 aliphatic carbocycles. The quantitative estimate of drug-likeness (QED) is 0.776. The van der Waals surface area contributed by atoms with Crippen LogP contribution in [0.1, 0.15) is 56.4 Å². The first kappa shape index (κ1) is 19.3. The molecular weight excluding hydrogens is 320 g/mol. The summed E-state index contributed by atoms with van der Waals surface area (Å²) < 4.78 is 5.31. The van der Waals surface area contributed by atoms with E-state index in [0.29, 0.717) is 18.4 Å². The predicted octanol–water partition coefficient (Wildman–Crippen LogP) is 4.12. The van der Waals surface area contributed by atoms with Crippen molar-refractivity contribution in [2.24, 2.45) is 11.8 Å². The summed E-state index contributed by atoms with van der Waals surface area (Å²) >= 11 is 1.95. The summed E-state index contributed by atoms with van der Waals surface area (Å²) in [6.45, 7) is 12.5. The van der Waals surface area contributed by atoms with Crippen molar-refractivity contribution in [2.75, 3.05) is 13.1 Å². The molecule has 0 spiro atoms. The minimum absolute atomic E-state index is 0.331. The van der Waals surface area contributed by atoms with E-state index in [1.807, 2.05) is 32.1 Å². The van der Waals surface area contributed by atoms with Crippen LogP contribution in [0.2, 0.25) is 0 Å². The number of hydrogen-bond acceptors (Lipinski definition) is 4. The van der Waals surface area contributed by atoms with E-state index >= 15 is 0 Å². The number of rotatable bonds is 7. The minimum atomic E-state index is -0.449. The van der Waals surface area contributed by atoms with Gasteiger partial charge in [-0.15, -0.1) is 11.3 Å². The van der Waals surface area contributed by atoms with Gasteiger partial charge in [-0.2, -0.15) is 0 Å². The largest absolute Gasteiger partial charge is 0.444 e. The summed E-state index contributed by atoms with van der Waals surface area (Å²) in [4.78, 5) is 14.8. The third-order valence-corrected chi connectivity index (χ3v) is 5.59. The normalized spacial score (nSPS) is 15.4. The first-order valence-electron chi connectivity index (χ1n) is 9.02. The van der Waals surface area contributed by atoms with Gasteiger partial charge in [0.05, 0.1) is 0 Å². The van der Waals surface area contributed by atoms with E-state index in [1.54, 1.807) is 10.4 Å². The Kier molecular flexibility index (Phi) is 6.70. The highest BCUT2D eigenvalue weighted by Gasteiger charge is 2.19. The van der Waals surface area contributed by atoms with Gasteiger partial charge in [0.1, 0.15) is 5.60 Å². The molecule has 136 valence electrons. The lowest BCUT2D eigenvalue weighted by molar-refractivity contribution is 0.0515. The Labute approximate surface area is 150 Å². The van der Waals surface area contributed by atoms with E-state index in [2.05, 4.69) is 30.5 Å². The molecule has 0 aliphatic heterocycles. The standard InChI is InChI=1S/C19H32N2O2S/c1-13(2)15(11-21-18(22)23-19(3,4)5)10-20-12-16-9-14-7-6-8-17(14)24-16/h9,13,15,20H,6-8,10-12H2,1-5H3,(H,21,22). The predicted molar refractivity (Wildman–Crippen MR) is 101 cm³/mol. The average molecular weight is 353 g/mol. The van der Waals surface area contributed by atoms with Crippen LogP contribution in [-0.2, 0) is 24.1 Å².